The van der Waals surface area contributed by atoms with E-state index in [0.717, 1.165) is 12.3 Å². The van der Waals surface area contributed by atoms with E-state index in [-0.39, 0.29) is 24.7 Å². The fourth-order valence-corrected chi connectivity index (χ4v) is 2.82. The molecule has 1 heterocycles. The molecule has 1 aliphatic heterocycles. The second kappa shape index (κ2) is 6.43. The van der Waals surface area contributed by atoms with E-state index in [1.54, 1.807) is 4.90 Å². The van der Waals surface area contributed by atoms with Gasteiger partial charge >= 0.3 is 12.0 Å². The van der Waals surface area contributed by atoms with Gasteiger partial charge in [-0.1, -0.05) is 12.8 Å². The lowest BCUT2D eigenvalue weighted by Crippen LogP contribution is -2.52. The second-order valence-corrected chi connectivity index (χ2v) is 5.87. The quantitative estimate of drug-likeness (QED) is 0.770. The van der Waals surface area contributed by atoms with Crippen LogP contribution in [0.4, 0.5) is 4.79 Å². The number of carbonyl (C=O) groups excluding carboxylic acids is 1. The Hall–Kier alpha value is -1.30. The average Bonchev–Trinajstić information content (AvgIpc) is 3.04. The fourth-order valence-electron chi connectivity index (χ4n) is 2.82. The van der Waals surface area contributed by atoms with Gasteiger partial charge in [-0.25, -0.2) is 4.79 Å². The summed E-state index contributed by atoms with van der Waals surface area (Å²) in [6, 6.07) is -0.414. The van der Waals surface area contributed by atoms with Crippen molar-refractivity contribution in [2.24, 2.45) is 11.8 Å². The number of hydrogen-bond acceptors (Lipinski definition) is 3. The number of nitrogens with zero attached hydrogens (tertiary/aromatic N) is 1. The summed E-state index contributed by atoms with van der Waals surface area (Å²) in [6.07, 6.45) is 3.53. The third kappa shape index (κ3) is 3.62. The molecule has 2 amide bonds. The number of hydrogen-bond donors (Lipinski definition) is 2. The summed E-state index contributed by atoms with van der Waals surface area (Å²) in [6.45, 7) is 4.84. The normalized spacial score (nSPS) is 27.1. The highest BCUT2D eigenvalue weighted by molar-refractivity contribution is 5.77. The topological polar surface area (TPSA) is 78.9 Å². The summed E-state index contributed by atoms with van der Waals surface area (Å²) in [5.74, 6) is -0.772. The molecule has 1 saturated heterocycles. The van der Waals surface area contributed by atoms with E-state index >= 15 is 0 Å². The Kier molecular flexibility index (Phi) is 4.86. The minimum atomic E-state index is -0.898. The third-order valence-corrected chi connectivity index (χ3v) is 4.12. The van der Waals surface area contributed by atoms with Gasteiger partial charge in [-0.05, 0) is 26.2 Å². The van der Waals surface area contributed by atoms with Crippen LogP contribution < -0.4 is 5.32 Å². The smallest absolute Gasteiger partial charge is 0.317 e. The maximum absolute atomic E-state index is 12.3. The lowest BCUT2D eigenvalue weighted by atomic mass is 10.0. The molecular formula is C14H24N2O4. The predicted octanol–water partition coefficient (Wildman–Crippen LogP) is 1.31. The Labute approximate surface area is 119 Å². The zero-order valence-corrected chi connectivity index (χ0v) is 12.2. The summed E-state index contributed by atoms with van der Waals surface area (Å²) in [5, 5.41) is 12.2. The van der Waals surface area contributed by atoms with Crippen molar-refractivity contribution in [1.82, 2.24) is 10.2 Å². The van der Waals surface area contributed by atoms with Crippen LogP contribution in [0.3, 0.4) is 0 Å². The van der Waals surface area contributed by atoms with Crippen molar-refractivity contribution in [2.45, 2.75) is 45.2 Å². The average molecular weight is 284 g/mol. The number of carboxylic acid groups (broad SMARTS) is 1. The van der Waals surface area contributed by atoms with Crippen LogP contribution in [0.15, 0.2) is 0 Å². The highest BCUT2D eigenvalue weighted by Crippen LogP contribution is 2.33. The number of amides is 2. The molecule has 2 fully saturated rings. The van der Waals surface area contributed by atoms with Gasteiger partial charge in [-0.15, -0.1) is 0 Å². The van der Waals surface area contributed by atoms with Gasteiger partial charge in [0.1, 0.15) is 5.92 Å². The molecule has 3 unspecified atom stereocenters. The summed E-state index contributed by atoms with van der Waals surface area (Å²) in [4.78, 5) is 25.1. The van der Waals surface area contributed by atoms with E-state index in [0.29, 0.717) is 13.2 Å². The van der Waals surface area contributed by atoms with Crippen LogP contribution in [0, 0.1) is 11.8 Å². The van der Waals surface area contributed by atoms with Gasteiger partial charge in [-0.3, -0.25) is 4.79 Å². The molecule has 1 aliphatic carbocycles. The van der Waals surface area contributed by atoms with Gasteiger partial charge in [0.15, 0.2) is 0 Å². The molecule has 6 heteroatoms. The number of likely N-dealkylation sites (N-methyl/N-ethyl adjacent to an activating group) is 1. The lowest BCUT2D eigenvalue weighted by molar-refractivity contribution is -0.142. The zero-order valence-electron chi connectivity index (χ0n) is 12.2. The number of nitrogens with one attached hydrogen (secondary N) is 1. The first-order chi connectivity index (χ1) is 9.52. The van der Waals surface area contributed by atoms with Gasteiger partial charge in [0, 0.05) is 12.6 Å². The maximum Gasteiger partial charge on any atom is 0.317 e. The number of urea groups is 1. The number of aliphatic carboxylic acids is 1. The molecule has 0 bridgehead atoms. The van der Waals surface area contributed by atoms with E-state index in [9.17, 15) is 14.7 Å². The molecule has 6 nitrogen and oxygen atoms in total. The van der Waals surface area contributed by atoms with Crippen molar-refractivity contribution in [3.63, 3.8) is 0 Å². The molecule has 3 atom stereocenters. The maximum atomic E-state index is 12.3. The minimum absolute atomic E-state index is 0.134. The monoisotopic (exact) mass is 284 g/mol. The second-order valence-electron chi connectivity index (χ2n) is 5.87. The Morgan fingerprint density at radius 2 is 2.10 bits per heavy atom. The Bertz CT molecular complexity index is 370. The van der Waals surface area contributed by atoms with Crippen molar-refractivity contribution < 1.29 is 19.4 Å². The largest absolute Gasteiger partial charge is 0.481 e. The van der Waals surface area contributed by atoms with Gasteiger partial charge in [0.05, 0.1) is 19.3 Å². The van der Waals surface area contributed by atoms with Crippen molar-refractivity contribution >= 4 is 12.0 Å². The van der Waals surface area contributed by atoms with Crippen molar-refractivity contribution in [1.29, 1.82) is 0 Å². The molecular weight excluding hydrogens is 260 g/mol. The SMILES string of the molecule is CCN(C(=O)NC(C)CC1CC1)C1COCC1C(=O)O. The minimum Gasteiger partial charge on any atom is -0.481 e. The predicted molar refractivity (Wildman–Crippen MR) is 73.4 cm³/mol. The standard InChI is InChI=1S/C14H24N2O4/c1-3-16(12-8-20-7-11(12)13(17)18)14(19)15-9(2)6-10-4-5-10/h9-12H,3-8H2,1-2H3,(H,15,19)(H,17,18). The molecule has 2 aliphatic rings. The number of carbonyl (C=O) groups is 2. The van der Waals surface area contributed by atoms with Crippen LogP contribution in [0.25, 0.3) is 0 Å². The molecule has 0 radical (unpaired) electrons. The zero-order chi connectivity index (χ0) is 14.7. The van der Waals surface area contributed by atoms with Crippen LogP contribution in [0.1, 0.15) is 33.1 Å². The molecule has 20 heavy (non-hydrogen) atoms. The van der Waals surface area contributed by atoms with Gasteiger partial charge in [0.25, 0.3) is 0 Å². The first kappa shape index (κ1) is 15.1. The van der Waals surface area contributed by atoms with Crippen LogP contribution in [-0.2, 0) is 9.53 Å². The van der Waals surface area contributed by atoms with Crippen LogP contribution >= 0.6 is 0 Å². The van der Waals surface area contributed by atoms with Crippen LogP contribution in [-0.4, -0.2) is 53.8 Å². The number of rotatable bonds is 6. The Morgan fingerprint density at radius 3 is 2.65 bits per heavy atom. The van der Waals surface area contributed by atoms with E-state index in [1.807, 2.05) is 13.8 Å². The molecule has 0 spiro atoms. The molecule has 2 N–H and O–H groups in total. The Morgan fingerprint density at radius 1 is 1.40 bits per heavy atom. The summed E-state index contributed by atoms with van der Waals surface area (Å²) in [5.41, 5.74) is 0. The van der Waals surface area contributed by atoms with E-state index < -0.39 is 11.9 Å². The highest BCUT2D eigenvalue weighted by Gasteiger charge is 2.39. The van der Waals surface area contributed by atoms with Crippen LogP contribution in [0.5, 0.6) is 0 Å². The molecule has 2 rings (SSSR count). The first-order valence-corrected chi connectivity index (χ1v) is 7.40. The Balaban J connectivity index is 1.91. The van der Waals surface area contributed by atoms with E-state index in [1.165, 1.54) is 12.8 Å². The molecule has 0 aromatic rings. The van der Waals surface area contributed by atoms with Crippen molar-refractivity contribution in [3.05, 3.63) is 0 Å². The number of carboxylic acids is 1. The third-order valence-electron chi connectivity index (χ3n) is 4.12. The van der Waals surface area contributed by atoms with Crippen molar-refractivity contribution in [2.75, 3.05) is 19.8 Å². The van der Waals surface area contributed by atoms with Gasteiger partial charge < -0.3 is 20.1 Å². The fraction of sp³-hybridized carbons (Fsp3) is 0.857. The summed E-state index contributed by atoms with van der Waals surface area (Å²) >= 11 is 0. The molecule has 114 valence electrons. The van der Waals surface area contributed by atoms with Crippen LogP contribution in [0.2, 0.25) is 0 Å². The first-order valence-electron chi connectivity index (χ1n) is 7.40. The van der Waals surface area contributed by atoms with Crippen molar-refractivity contribution in [3.8, 4) is 0 Å². The van der Waals surface area contributed by atoms with E-state index in [4.69, 9.17) is 4.74 Å². The lowest BCUT2D eigenvalue weighted by Gasteiger charge is -2.30. The summed E-state index contributed by atoms with van der Waals surface area (Å²) < 4.78 is 5.24. The van der Waals surface area contributed by atoms with E-state index in [2.05, 4.69) is 5.32 Å². The van der Waals surface area contributed by atoms with Gasteiger partial charge in [-0.2, -0.15) is 0 Å². The number of ether oxygens (including phenoxy) is 1. The molecule has 0 aromatic carbocycles. The summed E-state index contributed by atoms with van der Waals surface area (Å²) in [7, 11) is 0. The highest BCUT2D eigenvalue weighted by atomic mass is 16.5. The molecule has 1 saturated carbocycles. The van der Waals surface area contributed by atoms with Gasteiger partial charge in [0.2, 0.25) is 0 Å². The molecule has 0 aromatic heterocycles.